The number of carboxylic acid groups (broad SMARTS) is 2. The van der Waals surface area contributed by atoms with Crippen LogP contribution in [0, 0.1) is 0 Å². The van der Waals surface area contributed by atoms with Crippen LogP contribution in [0.2, 0.25) is 0 Å². The summed E-state index contributed by atoms with van der Waals surface area (Å²) in [6.07, 6.45) is 1.15. The summed E-state index contributed by atoms with van der Waals surface area (Å²) < 4.78 is 0. The molecule has 0 radical (unpaired) electrons. The van der Waals surface area contributed by atoms with Crippen LogP contribution in [0.15, 0.2) is 18.3 Å². The Bertz CT molecular complexity index is 315. The number of aromatic carboxylic acids is 2. The molecule has 0 bridgehead atoms. The Hall–Kier alpha value is -0.910. The second-order valence-corrected chi connectivity index (χ2v) is 2.04. The van der Waals surface area contributed by atoms with E-state index in [1.807, 2.05) is 0 Å². The van der Waals surface area contributed by atoms with Crippen molar-refractivity contribution in [1.82, 2.24) is 4.98 Å². The van der Waals surface area contributed by atoms with Crippen molar-refractivity contribution in [2.75, 3.05) is 0 Å². The van der Waals surface area contributed by atoms with Gasteiger partial charge >= 0.3 is 41.5 Å². The molecule has 0 aliphatic carbocycles. The maximum absolute atomic E-state index is 10.4. The van der Waals surface area contributed by atoms with Gasteiger partial charge in [-0.15, -0.1) is 0 Å². The minimum Gasteiger partial charge on any atom is -1.00 e. The Balaban J connectivity index is 0. The summed E-state index contributed by atoms with van der Waals surface area (Å²) >= 11 is 0. The molecule has 64 valence electrons. The van der Waals surface area contributed by atoms with Crippen LogP contribution in [-0.4, -0.2) is 27.1 Å². The van der Waals surface area contributed by atoms with E-state index < -0.39 is 11.9 Å². The van der Waals surface area contributed by atoms with Crippen molar-refractivity contribution < 1.29 is 50.8 Å². The number of carboxylic acids is 2. The van der Waals surface area contributed by atoms with Gasteiger partial charge in [-0.1, -0.05) is 0 Å². The largest absolute Gasteiger partial charge is 1.00 e. The fraction of sp³-hybridized carbons (Fsp3) is 0. The fourth-order valence-corrected chi connectivity index (χ4v) is 0.681. The van der Waals surface area contributed by atoms with E-state index in [1.54, 1.807) is 0 Å². The first-order chi connectivity index (χ1) is 5.61. The molecule has 2 N–H and O–H groups in total. The molecular formula is C7H6NNaO4. The Morgan fingerprint density at radius 3 is 2.38 bits per heavy atom. The molecule has 0 atom stereocenters. The van der Waals surface area contributed by atoms with Gasteiger partial charge in [0, 0.05) is 6.20 Å². The van der Waals surface area contributed by atoms with E-state index in [-0.39, 0.29) is 42.2 Å². The summed E-state index contributed by atoms with van der Waals surface area (Å²) in [6, 6.07) is 2.24. The molecule has 0 unspecified atom stereocenters. The van der Waals surface area contributed by atoms with Gasteiger partial charge < -0.3 is 11.6 Å². The number of pyridine rings is 1. The van der Waals surface area contributed by atoms with Crippen molar-refractivity contribution in [3.05, 3.63) is 29.6 Å². The van der Waals surface area contributed by atoms with Gasteiger partial charge in [-0.2, -0.15) is 0 Å². The van der Waals surface area contributed by atoms with Gasteiger partial charge in [-0.05, 0) is 12.1 Å². The standard InChI is InChI=1S/C7H5NO4.Na.H/c9-6(10)4-1-2-8-5(3-4)7(11)12;;/h1-3H,(H,9,10)(H,11,12);;/q;+1;-1. The van der Waals surface area contributed by atoms with Gasteiger partial charge in [-0.3, -0.25) is 0 Å². The summed E-state index contributed by atoms with van der Waals surface area (Å²) in [5.41, 5.74) is -0.350. The molecule has 1 aromatic heterocycles. The molecule has 0 spiro atoms. The molecule has 0 saturated carbocycles. The van der Waals surface area contributed by atoms with E-state index in [0.717, 1.165) is 12.3 Å². The Morgan fingerprint density at radius 2 is 1.92 bits per heavy atom. The van der Waals surface area contributed by atoms with Crippen molar-refractivity contribution in [3.8, 4) is 0 Å². The second-order valence-electron chi connectivity index (χ2n) is 2.04. The van der Waals surface area contributed by atoms with Crippen LogP contribution in [0.3, 0.4) is 0 Å². The van der Waals surface area contributed by atoms with Gasteiger partial charge in [0.05, 0.1) is 5.56 Å². The number of aromatic nitrogens is 1. The van der Waals surface area contributed by atoms with E-state index in [9.17, 15) is 9.59 Å². The fourth-order valence-electron chi connectivity index (χ4n) is 0.681. The van der Waals surface area contributed by atoms with Gasteiger partial charge in [-0.25, -0.2) is 14.6 Å². The van der Waals surface area contributed by atoms with Crippen LogP contribution < -0.4 is 29.6 Å². The topological polar surface area (TPSA) is 87.5 Å². The van der Waals surface area contributed by atoms with Crippen molar-refractivity contribution in [3.63, 3.8) is 0 Å². The molecule has 0 fully saturated rings. The maximum Gasteiger partial charge on any atom is 1.00 e. The van der Waals surface area contributed by atoms with Gasteiger partial charge in [0.15, 0.2) is 0 Å². The predicted molar refractivity (Wildman–Crippen MR) is 39.3 cm³/mol. The molecule has 6 heteroatoms. The third-order valence-electron chi connectivity index (χ3n) is 1.23. The van der Waals surface area contributed by atoms with Crippen molar-refractivity contribution in [1.29, 1.82) is 0 Å². The first-order valence-electron chi connectivity index (χ1n) is 3.04. The number of hydrogen-bond donors (Lipinski definition) is 2. The maximum atomic E-state index is 10.4. The molecule has 0 saturated heterocycles. The quantitative estimate of drug-likeness (QED) is 0.508. The first-order valence-corrected chi connectivity index (χ1v) is 3.04. The number of nitrogens with zero attached hydrogens (tertiary/aromatic N) is 1. The van der Waals surface area contributed by atoms with Crippen molar-refractivity contribution in [2.24, 2.45) is 0 Å². The van der Waals surface area contributed by atoms with Gasteiger partial charge in [0.1, 0.15) is 5.69 Å². The molecule has 0 aliphatic rings. The molecule has 0 aromatic carbocycles. The summed E-state index contributed by atoms with van der Waals surface area (Å²) in [5.74, 6) is -2.40. The van der Waals surface area contributed by atoms with E-state index >= 15 is 0 Å². The third-order valence-corrected chi connectivity index (χ3v) is 1.23. The van der Waals surface area contributed by atoms with Crippen LogP contribution >= 0.6 is 0 Å². The summed E-state index contributed by atoms with van der Waals surface area (Å²) in [5, 5.41) is 16.9. The minimum absolute atomic E-state index is 0. The van der Waals surface area contributed by atoms with Crippen LogP contribution in [-0.2, 0) is 0 Å². The van der Waals surface area contributed by atoms with Crippen molar-refractivity contribution >= 4 is 11.9 Å². The van der Waals surface area contributed by atoms with Crippen molar-refractivity contribution in [2.45, 2.75) is 0 Å². The van der Waals surface area contributed by atoms with Crippen LogP contribution in [0.4, 0.5) is 0 Å². The molecule has 1 rings (SSSR count). The zero-order valence-corrected chi connectivity index (χ0v) is 8.89. The zero-order valence-electron chi connectivity index (χ0n) is 7.89. The van der Waals surface area contributed by atoms with Crippen LogP contribution in [0.1, 0.15) is 22.3 Å². The average Bonchev–Trinajstić information content (AvgIpc) is 2.04. The van der Waals surface area contributed by atoms with E-state index in [2.05, 4.69) is 4.98 Å². The Morgan fingerprint density at radius 1 is 1.31 bits per heavy atom. The molecule has 5 nitrogen and oxygen atoms in total. The van der Waals surface area contributed by atoms with Crippen LogP contribution in [0.25, 0.3) is 0 Å². The second kappa shape index (κ2) is 4.96. The van der Waals surface area contributed by atoms with Crippen LogP contribution in [0.5, 0.6) is 0 Å². The van der Waals surface area contributed by atoms with E-state index in [4.69, 9.17) is 10.2 Å². The van der Waals surface area contributed by atoms with E-state index in [1.165, 1.54) is 6.07 Å². The Kier molecular flexibility index (Phi) is 4.61. The first kappa shape index (κ1) is 12.1. The third kappa shape index (κ3) is 3.14. The molecule has 0 aliphatic heterocycles. The summed E-state index contributed by atoms with van der Waals surface area (Å²) in [4.78, 5) is 24.1. The number of hydrogen-bond acceptors (Lipinski definition) is 3. The summed E-state index contributed by atoms with van der Waals surface area (Å²) in [6.45, 7) is 0. The zero-order chi connectivity index (χ0) is 9.14. The van der Waals surface area contributed by atoms with Gasteiger partial charge in [0.25, 0.3) is 0 Å². The average molecular weight is 191 g/mol. The normalized spacial score (nSPS) is 8.62. The molecule has 1 heterocycles. The molecule has 13 heavy (non-hydrogen) atoms. The number of carbonyl (C=O) groups is 2. The summed E-state index contributed by atoms with van der Waals surface area (Å²) in [7, 11) is 0. The molecule has 0 amide bonds. The van der Waals surface area contributed by atoms with Gasteiger partial charge in [0.2, 0.25) is 0 Å². The monoisotopic (exact) mass is 191 g/mol. The molecule has 1 aromatic rings. The Labute approximate surface area is 97.2 Å². The van der Waals surface area contributed by atoms with E-state index in [0.29, 0.717) is 0 Å². The molecular weight excluding hydrogens is 185 g/mol. The number of rotatable bonds is 2. The SMILES string of the molecule is O=C(O)c1ccnc(C(=O)O)c1.[H-].[Na+]. The minimum atomic E-state index is -1.24. The predicted octanol–water partition coefficient (Wildman–Crippen LogP) is -2.41. The smallest absolute Gasteiger partial charge is 1.00 e.